The molecule has 0 saturated carbocycles. The molecule has 2 amide bonds. The van der Waals surface area contributed by atoms with Gasteiger partial charge >= 0.3 is 5.97 Å². The number of nitrogens with one attached hydrogen (secondary N) is 1. The van der Waals surface area contributed by atoms with Crippen molar-refractivity contribution in [1.82, 2.24) is 9.80 Å². The van der Waals surface area contributed by atoms with Crippen LogP contribution in [0.2, 0.25) is 0 Å². The molecule has 5 rings (SSSR count). The fraction of sp³-hybridized carbons (Fsp3) is 0.333. The van der Waals surface area contributed by atoms with Gasteiger partial charge in [-0.2, -0.15) is 0 Å². The maximum Gasteiger partial charge on any atom is 0.338 e. The largest absolute Gasteiger partial charge is 0.462 e. The fourth-order valence-corrected chi connectivity index (χ4v) is 5.95. The number of nitrogens with zero attached hydrogens (tertiary/aromatic N) is 4. The van der Waals surface area contributed by atoms with Gasteiger partial charge < -0.3 is 19.9 Å². The first kappa shape index (κ1) is 31.1. The molecule has 2 heterocycles. The molecule has 230 valence electrons. The zero-order valence-corrected chi connectivity index (χ0v) is 25.5. The minimum Gasteiger partial charge on any atom is -0.462 e. The van der Waals surface area contributed by atoms with Crippen molar-refractivity contribution in [2.75, 3.05) is 61.0 Å². The molecule has 2 aliphatic heterocycles. The van der Waals surface area contributed by atoms with Crippen molar-refractivity contribution in [1.29, 1.82) is 0 Å². The third-order valence-electron chi connectivity index (χ3n) is 7.83. The number of carbonyl (C=O) groups is 3. The van der Waals surface area contributed by atoms with E-state index in [1.807, 2.05) is 11.0 Å². The molecule has 0 bridgehead atoms. The van der Waals surface area contributed by atoms with Crippen LogP contribution in [-0.2, 0) is 14.3 Å². The van der Waals surface area contributed by atoms with Gasteiger partial charge in [0.05, 0.1) is 24.3 Å². The summed E-state index contributed by atoms with van der Waals surface area (Å²) >= 11 is 5.75. The zero-order chi connectivity index (χ0) is 31.1. The van der Waals surface area contributed by atoms with Gasteiger partial charge in [-0.1, -0.05) is 18.2 Å². The Kier molecular flexibility index (Phi) is 10.2. The van der Waals surface area contributed by atoms with Crippen LogP contribution in [0, 0.1) is 5.82 Å². The average Bonchev–Trinajstić information content (AvgIpc) is 3.26. The molecule has 9 nitrogen and oxygen atoms in total. The third kappa shape index (κ3) is 7.40. The number of piperazine rings is 1. The van der Waals surface area contributed by atoms with Crippen molar-refractivity contribution in [2.24, 2.45) is 0 Å². The highest BCUT2D eigenvalue weighted by molar-refractivity contribution is 7.80. The maximum absolute atomic E-state index is 13.7. The molecule has 0 aliphatic carbocycles. The average molecular weight is 618 g/mol. The number of esters is 1. The van der Waals surface area contributed by atoms with Crippen LogP contribution in [-0.4, -0.2) is 84.6 Å². The summed E-state index contributed by atoms with van der Waals surface area (Å²) in [5.41, 5.74) is 2.56. The van der Waals surface area contributed by atoms with Crippen molar-refractivity contribution in [3.05, 3.63) is 90.2 Å². The van der Waals surface area contributed by atoms with Crippen LogP contribution < -0.4 is 15.1 Å². The molecule has 3 aromatic carbocycles. The second kappa shape index (κ2) is 14.4. The number of benzene rings is 3. The number of hydrogen-bond donors (Lipinski definition) is 1. The predicted octanol–water partition coefficient (Wildman–Crippen LogP) is 4.55. The standard InChI is InChI=1S/C33H36FN5O4S/c1-2-43-32(42)24-9-13-26(14-10-24)35-30(40)23-29-31(41)39(28-15-11-25(34)12-16-28)33(44)38(29)18-6-17-36-19-21-37(22-20-36)27-7-4-3-5-8-27/h3-5,7-16,29H,2,6,17-23H2,1H3,(H,35,40). The van der Waals surface area contributed by atoms with Gasteiger partial charge in [-0.3, -0.25) is 19.4 Å². The van der Waals surface area contributed by atoms with E-state index in [0.717, 1.165) is 39.1 Å². The van der Waals surface area contributed by atoms with E-state index in [9.17, 15) is 18.8 Å². The molecule has 0 aromatic heterocycles. The van der Waals surface area contributed by atoms with Gasteiger partial charge in [-0.15, -0.1) is 0 Å². The number of halogens is 1. The summed E-state index contributed by atoms with van der Waals surface area (Å²) in [6.45, 7) is 7.06. The molecule has 3 aromatic rings. The molecule has 44 heavy (non-hydrogen) atoms. The van der Waals surface area contributed by atoms with Crippen LogP contribution in [0.1, 0.15) is 30.1 Å². The van der Waals surface area contributed by atoms with Gasteiger partial charge in [0.25, 0.3) is 5.91 Å². The molecule has 2 saturated heterocycles. The Morgan fingerprint density at radius 2 is 1.59 bits per heavy atom. The lowest BCUT2D eigenvalue weighted by molar-refractivity contribution is -0.124. The number of para-hydroxylation sites is 1. The first-order valence-corrected chi connectivity index (χ1v) is 15.2. The summed E-state index contributed by atoms with van der Waals surface area (Å²) in [5.74, 6) is -1.55. The molecule has 2 fully saturated rings. The Bertz CT molecular complexity index is 1460. The van der Waals surface area contributed by atoms with E-state index < -0.39 is 17.8 Å². The number of rotatable bonds is 11. The number of thiocarbonyl (C=S) groups is 1. The lowest BCUT2D eigenvalue weighted by Gasteiger charge is -2.36. The Labute approximate surface area is 262 Å². The van der Waals surface area contributed by atoms with Gasteiger partial charge in [0.2, 0.25) is 5.91 Å². The molecule has 11 heteroatoms. The predicted molar refractivity (Wildman–Crippen MR) is 172 cm³/mol. The van der Waals surface area contributed by atoms with Crippen molar-refractivity contribution in [3.63, 3.8) is 0 Å². The van der Waals surface area contributed by atoms with E-state index in [2.05, 4.69) is 39.4 Å². The van der Waals surface area contributed by atoms with E-state index in [4.69, 9.17) is 17.0 Å². The molecule has 1 N–H and O–H groups in total. The van der Waals surface area contributed by atoms with Crippen molar-refractivity contribution in [3.8, 4) is 0 Å². The Hall–Kier alpha value is -4.35. The second-order valence-electron chi connectivity index (χ2n) is 10.7. The summed E-state index contributed by atoms with van der Waals surface area (Å²) < 4.78 is 18.6. The zero-order valence-electron chi connectivity index (χ0n) is 24.7. The van der Waals surface area contributed by atoms with Crippen LogP contribution >= 0.6 is 12.2 Å². The lowest BCUT2D eigenvalue weighted by Crippen LogP contribution is -2.47. The molecule has 0 spiro atoms. The van der Waals surface area contributed by atoms with E-state index in [-0.39, 0.29) is 24.8 Å². The summed E-state index contributed by atoms with van der Waals surface area (Å²) in [6.07, 6.45) is 0.634. The SMILES string of the molecule is CCOC(=O)c1ccc(NC(=O)CC2C(=O)N(c3ccc(F)cc3)C(=S)N2CCCN2CCN(c3ccccc3)CC2)cc1. The first-order valence-electron chi connectivity index (χ1n) is 14.8. The van der Waals surface area contributed by atoms with Crippen LogP contribution in [0.4, 0.5) is 21.5 Å². The van der Waals surface area contributed by atoms with Crippen molar-refractivity contribution >= 4 is 52.2 Å². The van der Waals surface area contributed by atoms with E-state index >= 15 is 0 Å². The van der Waals surface area contributed by atoms with E-state index in [1.165, 1.54) is 34.9 Å². The normalized spacial score (nSPS) is 17.2. The highest BCUT2D eigenvalue weighted by Gasteiger charge is 2.44. The summed E-state index contributed by atoms with van der Waals surface area (Å²) in [6, 6.07) is 21.5. The number of ether oxygens (including phenoxy) is 1. The van der Waals surface area contributed by atoms with Gasteiger partial charge in [-0.05, 0) is 92.8 Å². The van der Waals surface area contributed by atoms with Gasteiger partial charge in [0, 0.05) is 44.1 Å². The summed E-state index contributed by atoms with van der Waals surface area (Å²) in [5, 5.41) is 3.11. The number of carbonyl (C=O) groups excluding carboxylic acids is 3. The van der Waals surface area contributed by atoms with Crippen molar-refractivity contribution < 1.29 is 23.5 Å². The van der Waals surface area contributed by atoms with Crippen LogP contribution in [0.25, 0.3) is 0 Å². The molecular weight excluding hydrogens is 581 g/mol. The highest BCUT2D eigenvalue weighted by Crippen LogP contribution is 2.28. The smallest absolute Gasteiger partial charge is 0.338 e. The number of anilines is 3. The van der Waals surface area contributed by atoms with E-state index in [0.29, 0.717) is 28.6 Å². The molecular formula is C33H36FN5O4S. The Balaban J connectivity index is 1.22. The monoisotopic (exact) mass is 617 g/mol. The molecule has 0 radical (unpaired) electrons. The molecule has 2 aliphatic rings. The van der Waals surface area contributed by atoms with E-state index in [1.54, 1.807) is 31.2 Å². The van der Waals surface area contributed by atoms with Crippen LogP contribution in [0.5, 0.6) is 0 Å². The van der Waals surface area contributed by atoms with Crippen molar-refractivity contribution in [2.45, 2.75) is 25.8 Å². The third-order valence-corrected chi connectivity index (χ3v) is 8.25. The Morgan fingerprint density at radius 3 is 2.25 bits per heavy atom. The number of amides is 2. The summed E-state index contributed by atoms with van der Waals surface area (Å²) in [7, 11) is 0. The second-order valence-corrected chi connectivity index (χ2v) is 11.1. The quantitative estimate of drug-likeness (QED) is 0.248. The van der Waals surface area contributed by atoms with Crippen LogP contribution in [0.3, 0.4) is 0 Å². The number of hydrogen-bond acceptors (Lipinski definition) is 7. The van der Waals surface area contributed by atoms with Gasteiger partial charge in [0.1, 0.15) is 11.9 Å². The minimum absolute atomic E-state index is 0.119. The minimum atomic E-state index is -0.804. The van der Waals surface area contributed by atoms with Gasteiger partial charge in [0.15, 0.2) is 5.11 Å². The molecule has 1 atom stereocenters. The Morgan fingerprint density at radius 1 is 0.909 bits per heavy atom. The van der Waals surface area contributed by atoms with Crippen LogP contribution in [0.15, 0.2) is 78.9 Å². The highest BCUT2D eigenvalue weighted by atomic mass is 32.1. The first-order chi connectivity index (χ1) is 21.3. The lowest BCUT2D eigenvalue weighted by atomic mass is 10.1. The maximum atomic E-state index is 13.7. The molecule has 1 unspecified atom stereocenters. The fourth-order valence-electron chi connectivity index (χ4n) is 5.54. The summed E-state index contributed by atoms with van der Waals surface area (Å²) in [4.78, 5) is 46.7. The topological polar surface area (TPSA) is 85.4 Å². The van der Waals surface area contributed by atoms with Gasteiger partial charge in [-0.25, -0.2) is 9.18 Å².